The van der Waals surface area contributed by atoms with E-state index in [0.717, 1.165) is 22.1 Å². The van der Waals surface area contributed by atoms with Crippen molar-refractivity contribution in [3.63, 3.8) is 0 Å². The van der Waals surface area contributed by atoms with Gasteiger partial charge in [-0.25, -0.2) is 0 Å². The van der Waals surface area contributed by atoms with Gasteiger partial charge in [0.1, 0.15) is 5.75 Å². The van der Waals surface area contributed by atoms with Gasteiger partial charge in [0.05, 0.1) is 7.11 Å². The number of aliphatic hydroxyl groups is 1. The van der Waals surface area contributed by atoms with Crippen LogP contribution in [0.15, 0.2) is 36.4 Å². The Morgan fingerprint density at radius 2 is 1.94 bits per heavy atom. The Labute approximate surface area is 113 Å². The molecule has 0 aliphatic carbocycles. The second kappa shape index (κ2) is 6.59. The van der Waals surface area contributed by atoms with E-state index in [1.165, 1.54) is 0 Å². The molecule has 18 heavy (non-hydrogen) atoms. The van der Waals surface area contributed by atoms with Gasteiger partial charge in [-0.2, -0.15) is 0 Å². The topological polar surface area (TPSA) is 55.5 Å². The van der Waals surface area contributed by atoms with Crippen LogP contribution in [0.25, 0.3) is 10.8 Å². The summed E-state index contributed by atoms with van der Waals surface area (Å²) in [6.07, 6.45) is 0.532. The van der Waals surface area contributed by atoms with Crippen LogP contribution in [0.1, 0.15) is 18.0 Å². The van der Waals surface area contributed by atoms with Crippen LogP contribution in [0.2, 0.25) is 0 Å². The van der Waals surface area contributed by atoms with Crippen LogP contribution in [0.3, 0.4) is 0 Å². The molecule has 1 atom stereocenters. The summed E-state index contributed by atoms with van der Waals surface area (Å²) >= 11 is 0. The molecular weight excluding hydrogens is 250 g/mol. The summed E-state index contributed by atoms with van der Waals surface area (Å²) in [6.45, 7) is 0.0769. The number of benzene rings is 2. The van der Waals surface area contributed by atoms with E-state index in [0.29, 0.717) is 6.42 Å². The molecule has 0 aromatic heterocycles. The van der Waals surface area contributed by atoms with E-state index in [2.05, 4.69) is 0 Å². The number of halogens is 1. The second-order valence-electron chi connectivity index (χ2n) is 4.02. The molecule has 0 bridgehead atoms. The molecule has 2 aromatic rings. The molecule has 2 rings (SSSR count). The fourth-order valence-electron chi connectivity index (χ4n) is 2.12. The minimum Gasteiger partial charge on any atom is -0.496 e. The zero-order chi connectivity index (χ0) is 12.3. The van der Waals surface area contributed by atoms with Gasteiger partial charge in [0.2, 0.25) is 0 Å². The molecule has 0 fully saturated rings. The highest BCUT2D eigenvalue weighted by atomic mass is 35.5. The van der Waals surface area contributed by atoms with Gasteiger partial charge in [-0.3, -0.25) is 0 Å². The Kier molecular flexibility index (Phi) is 5.41. The Morgan fingerprint density at radius 3 is 2.61 bits per heavy atom. The number of aliphatic hydroxyl groups excluding tert-OH is 1. The quantitative estimate of drug-likeness (QED) is 0.895. The first kappa shape index (κ1) is 14.8. The van der Waals surface area contributed by atoms with Crippen molar-refractivity contribution in [3.8, 4) is 5.75 Å². The van der Waals surface area contributed by atoms with E-state index in [1.54, 1.807) is 7.11 Å². The van der Waals surface area contributed by atoms with Crippen molar-refractivity contribution in [2.75, 3.05) is 13.7 Å². The first-order valence-electron chi connectivity index (χ1n) is 5.70. The zero-order valence-electron chi connectivity index (χ0n) is 10.3. The van der Waals surface area contributed by atoms with Gasteiger partial charge >= 0.3 is 0 Å². The minimum atomic E-state index is -0.207. The molecule has 0 aliphatic heterocycles. The molecule has 0 aliphatic rings. The molecule has 3 N–H and O–H groups in total. The fraction of sp³-hybridized carbons (Fsp3) is 0.286. The Bertz CT molecular complexity index is 516. The molecule has 0 amide bonds. The lowest BCUT2D eigenvalue weighted by molar-refractivity contribution is 0.275. The predicted octanol–water partition coefficient (Wildman–Crippen LogP) is 2.65. The third kappa shape index (κ3) is 2.75. The highest BCUT2D eigenvalue weighted by Crippen LogP contribution is 2.33. The van der Waals surface area contributed by atoms with Gasteiger partial charge in [0.25, 0.3) is 0 Å². The van der Waals surface area contributed by atoms with Gasteiger partial charge in [-0.1, -0.05) is 30.3 Å². The summed E-state index contributed by atoms with van der Waals surface area (Å²) in [4.78, 5) is 0. The molecule has 0 radical (unpaired) electrons. The Morgan fingerprint density at radius 1 is 1.22 bits per heavy atom. The molecule has 0 heterocycles. The van der Waals surface area contributed by atoms with Crippen LogP contribution >= 0.6 is 12.4 Å². The molecule has 2 aromatic carbocycles. The molecule has 4 heteroatoms. The molecule has 0 saturated heterocycles. The van der Waals surface area contributed by atoms with Crippen LogP contribution in [0, 0.1) is 0 Å². The van der Waals surface area contributed by atoms with E-state index in [9.17, 15) is 0 Å². The smallest absolute Gasteiger partial charge is 0.124 e. The number of hydrogen-bond donors (Lipinski definition) is 2. The number of nitrogens with two attached hydrogens (primary N) is 1. The van der Waals surface area contributed by atoms with Crippen LogP contribution in [-0.2, 0) is 0 Å². The highest BCUT2D eigenvalue weighted by molar-refractivity contribution is 5.88. The van der Waals surface area contributed by atoms with E-state index in [-0.39, 0.29) is 25.1 Å². The van der Waals surface area contributed by atoms with E-state index in [4.69, 9.17) is 15.6 Å². The number of ether oxygens (including phenoxy) is 1. The molecule has 3 nitrogen and oxygen atoms in total. The van der Waals surface area contributed by atoms with Crippen molar-refractivity contribution in [1.29, 1.82) is 0 Å². The van der Waals surface area contributed by atoms with Crippen LogP contribution in [-0.4, -0.2) is 18.8 Å². The summed E-state index contributed by atoms with van der Waals surface area (Å²) in [6, 6.07) is 11.8. The molecular formula is C14H18ClNO2. The van der Waals surface area contributed by atoms with E-state index >= 15 is 0 Å². The third-order valence-corrected chi connectivity index (χ3v) is 2.96. The molecule has 98 valence electrons. The van der Waals surface area contributed by atoms with E-state index < -0.39 is 0 Å². The largest absolute Gasteiger partial charge is 0.496 e. The van der Waals surface area contributed by atoms with Crippen LogP contribution in [0.4, 0.5) is 0 Å². The average molecular weight is 268 g/mol. The van der Waals surface area contributed by atoms with Crippen molar-refractivity contribution in [2.45, 2.75) is 12.5 Å². The standard InChI is InChI=1S/C14H17NO2.ClH/c1-17-13-7-6-10-4-2-3-5-11(10)14(13)12(15)8-9-16;/h2-7,12,16H,8-9,15H2,1H3;1H/t12-;/m0./s1. The fourth-order valence-corrected chi connectivity index (χ4v) is 2.12. The minimum absolute atomic E-state index is 0. The van der Waals surface area contributed by atoms with Crippen molar-refractivity contribution >= 4 is 23.2 Å². The van der Waals surface area contributed by atoms with Crippen molar-refractivity contribution in [3.05, 3.63) is 42.0 Å². The molecule has 0 spiro atoms. The summed E-state index contributed by atoms with van der Waals surface area (Å²) in [5, 5.41) is 11.2. The highest BCUT2D eigenvalue weighted by Gasteiger charge is 2.14. The Balaban J connectivity index is 0.00000162. The first-order valence-corrected chi connectivity index (χ1v) is 5.70. The van der Waals surface area contributed by atoms with Crippen LogP contribution in [0.5, 0.6) is 5.75 Å². The number of hydrogen-bond acceptors (Lipinski definition) is 3. The van der Waals surface area contributed by atoms with E-state index in [1.807, 2.05) is 36.4 Å². The number of fused-ring (bicyclic) bond motifs is 1. The normalized spacial score (nSPS) is 11.9. The van der Waals surface area contributed by atoms with Gasteiger partial charge in [0, 0.05) is 18.2 Å². The Hall–Kier alpha value is -1.29. The summed E-state index contributed by atoms with van der Waals surface area (Å²) < 4.78 is 5.36. The lowest BCUT2D eigenvalue weighted by Crippen LogP contribution is -2.13. The van der Waals surface area contributed by atoms with Gasteiger partial charge in [-0.05, 0) is 23.3 Å². The van der Waals surface area contributed by atoms with Gasteiger partial charge in [-0.15, -0.1) is 12.4 Å². The summed E-state index contributed by atoms with van der Waals surface area (Å²) in [7, 11) is 1.64. The lowest BCUT2D eigenvalue weighted by Gasteiger charge is -2.17. The van der Waals surface area contributed by atoms with Crippen molar-refractivity contribution in [1.82, 2.24) is 0 Å². The average Bonchev–Trinajstić information content (AvgIpc) is 2.37. The number of rotatable bonds is 4. The summed E-state index contributed by atoms with van der Waals surface area (Å²) in [5.41, 5.74) is 7.08. The van der Waals surface area contributed by atoms with Crippen LogP contribution < -0.4 is 10.5 Å². The number of methoxy groups -OCH3 is 1. The third-order valence-electron chi connectivity index (χ3n) is 2.96. The van der Waals surface area contributed by atoms with Gasteiger partial charge < -0.3 is 15.6 Å². The van der Waals surface area contributed by atoms with Crippen molar-refractivity contribution < 1.29 is 9.84 Å². The monoisotopic (exact) mass is 267 g/mol. The first-order chi connectivity index (χ1) is 8.27. The van der Waals surface area contributed by atoms with Gasteiger partial charge in [0.15, 0.2) is 0 Å². The second-order valence-corrected chi connectivity index (χ2v) is 4.02. The maximum atomic E-state index is 9.01. The lowest BCUT2D eigenvalue weighted by atomic mass is 9.96. The zero-order valence-corrected chi connectivity index (χ0v) is 11.1. The predicted molar refractivity (Wildman–Crippen MR) is 76.4 cm³/mol. The molecule has 0 unspecified atom stereocenters. The maximum absolute atomic E-state index is 9.01. The SMILES string of the molecule is COc1ccc2ccccc2c1[C@@H](N)CCO.Cl. The summed E-state index contributed by atoms with van der Waals surface area (Å²) in [5.74, 6) is 0.782. The molecule has 0 saturated carbocycles. The van der Waals surface area contributed by atoms with Crippen molar-refractivity contribution in [2.24, 2.45) is 5.73 Å². The maximum Gasteiger partial charge on any atom is 0.124 e.